The van der Waals surface area contributed by atoms with Gasteiger partial charge in [0.2, 0.25) is 5.91 Å². The van der Waals surface area contributed by atoms with Crippen molar-refractivity contribution in [3.8, 4) is 5.75 Å². The van der Waals surface area contributed by atoms with Crippen molar-refractivity contribution < 1.29 is 19.1 Å². The maximum Gasteiger partial charge on any atom is 0.251 e. The van der Waals surface area contributed by atoms with E-state index < -0.39 is 0 Å². The van der Waals surface area contributed by atoms with E-state index in [2.05, 4.69) is 17.6 Å². The molecule has 0 bridgehead atoms. The summed E-state index contributed by atoms with van der Waals surface area (Å²) >= 11 is 0. The van der Waals surface area contributed by atoms with Crippen LogP contribution in [-0.2, 0) is 9.53 Å². The number of methoxy groups -OCH3 is 1. The topological polar surface area (TPSA) is 76.7 Å². The molecule has 27 heavy (non-hydrogen) atoms. The zero-order valence-corrected chi connectivity index (χ0v) is 16.2. The zero-order valence-electron chi connectivity index (χ0n) is 16.2. The van der Waals surface area contributed by atoms with Crippen LogP contribution in [0.4, 0.5) is 0 Å². The average Bonchev–Trinajstić information content (AvgIpc) is 3.51. The molecule has 2 aliphatic carbocycles. The molecule has 148 valence electrons. The second-order valence-corrected chi connectivity index (χ2v) is 7.51. The highest BCUT2D eigenvalue weighted by molar-refractivity contribution is 5.94. The van der Waals surface area contributed by atoms with Crippen molar-refractivity contribution in [2.45, 2.75) is 63.6 Å². The number of benzene rings is 1. The monoisotopic (exact) mass is 374 g/mol. The molecule has 6 heteroatoms. The van der Waals surface area contributed by atoms with E-state index in [4.69, 9.17) is 9.47 Å². The van der Waals surface area contributed by atoms with E-state index in [0.29, 0.717) is 24.6 Å². The highest BCUT2D eigenvalue weighted by atomic mass is 16.5. The van der Waals surface area contributed by atoms with Gasteiger partial charge in [0.1, 0.15) is 5.75 Å². The van der Waals surface area contributed by atoms with Crippen molar-refractivity contribution in [2.75, 3.05) is 13.7 Å². The van der Waals surface area contributed by atoms with Gasteiger partial charge in [0.15, 0.2) is 0 Å². The van der Waals surface area contributed by atoms with Crippen LogP contribution in [0.25, 0.3) is 0 Å². The van der Waals surface area contributed by atoms with Gasteiger partial charge in [-0.15, -0.1) is 0 Å². The summed E-state index contributed by atoms with van der Waals surface area (Å²) in [5.41, 5.74) is 0.596. The molecule has 0 unspecified atom stereocenters. The predicted octanol–water partition coefficient (Wildman–Crippen LogP) is 2.67. The SMILES string of the molecule is CCCO[C@@H]1C[C@@H](C(=O)NC2CC2)CC[C@H]1NC(=O)c1ccc(OC)cc1. The summed E-state index contributed by atoms with van der Waals surface area (Å²) in [6, 6.07) is 7.37. The smallest absolute Gasteiger partial charge is 0.251 e. The second-order valence-electron chi connectivity index (χ2n) is 7.51. The van der Waals surface area contributed by atoms with Gasteiger partial charge in [-0.25, -0.2) is 0 Å². The molecule has 1 aromatic rings. The van der Waals surface area contributed by atoms with Crippen LogP contribution >= 0.6 is 0 Å². The predicted molar refractivity (Wildman–Crippen MR) is 103 cm³/mol. The van der Waals surface area contributed by atoms with Gasteiger partial charge in [0.25, 0.3) is 5.91 Å². The minimum Gasteiger partial charge on any atom is -0.497 e. The Kier molecular flexibility index (Phi) is 6.72. The summed E-state index contributed by atoms with van der Waals surface area (Å²) in [5, 5.41) is 6.21. The van der Waals surface area contributed by atoms with E-state index in [0.717, 1.165) is 37.9 Å². The molecule has 0 saturated heterocycles. The van der Waals surface area contributed by atoms with Crippen molar-refractivity contribution in [1.29, 1.82) is 0 Å². The van der Waals surface area contributed by atoms with Crippen molar-refractivity contribution in [2.24, 2.45) is 5.92 Å². The molecule has 1 aromatic carbocycles. The number of hydrogen-bond acceptors (Lipinski definition) is 4. The Morgan fingerprint density at radius 1 is 1.07 bits per heavy atom. The third-order valence-corrected chi connectivity index (χ3v) is 5.29. The van der Waals surface area contributed by atoms with Gasteiger partial charge in [0, 0.05) is 24.1 Å². The van der Waals surface area contributed by atoms with Crippen LogP contribution in [0.5, 0.6) is 5.75 Å². The molecule has 2 saturated carbocycles. The first-order chi connectivity index (χ1) is 13.1. The molecule has 2 fully saturated rings. The summed E-state index contributed by atoms with van der Waals surface area (Å²) in [7, 11) is 1.60. The van der Waals surface area contributed by atoms with Crippen LogP contribution in [0.2, 0.25) is 0 Å². The number of carbonyl (C=O) groups excluding carboxylic acids is 2. The van der Waals surface area contributed by atoms with E-state index in [9.17, 15) is 9.59 Å². The number of rotatable bonds is 8. The fourth-order valence-electron chi connectivity index (χ4n) is 3.53. The summed E-state index contributed by atoms with van der Waals surface area (Å²) < 4.78 is 11.1. The van der Waals surface area contributed by atoms with Crippen LogP contribution in [0.1, 0.15) is 55.8 Å². The van der Waals surface area contributed by atoms with Gasteiger partial charge in [-0.2, -0.15) is 0 Å². The molecule has 6 nitrogen and oxygen atoms in total. The molecular weight excluding hydrogens is 344 g/mol. The normalized spacial score (nSPS) is 24.9. The lowest BCUT2D eigenvalue weighted by Gasteiger charge is -2.36. The average molecular weight is 374 g/mol. The van der Waals surface area contributed by atoms with Crippen LogP contribution in [0.15, 0.2) is 24.3 Å². The second kappa shape index (κ2) is 9.22. The Labute approximate surface area is 161 Å². The van der Waals surface area contributed by atoms with Crippen LogP contribution in [-0.4, -0.2) is 43.7 Å². The van der Waals surface area contributed by atoms with Gasteiger partial charge >= 0.3 is 0 Å². The third-order valence-electron chi connectivity index (χ3n) is 5.29. The number of ether oxygens (including phenoxy) is 2. The molecule has 3 atom stereocenters. The lowest BCUT2D eigenvalue weighted by Crippen LogP contribution is -2.50. The molecule has 0 radical (unpaired) electrons. The fraction of sp³-hybridized carbons (Fsp3) is 0.619. The van der Waals surface area contributed by atoms with Crippen molar-refractivity contribution in [1.82, 2.24) is 10.6 Å². The fourth-order valence-corrected chi connectivity index (χ4v) is 3.53. The van der Waals surface area contributed by atoms with Crippen LogP contribution in [0, 0.1) is 5.92 Å². The Morgan fingerprint density at radius 2 is 1.81 bits per heavy atom. The molecule has 0 aliphatic heterocycles. The minimum absolute atomic E-state index is 0.0263. The third kappa shape index (κ3) is 5.45. The molecule has 0 spiro atoms. The Morgan fingerprint density at radius 3 is 2.44 bits per heavy atom. The van der Waals surface area contributed by atoms with Gasteiger partial charge in [-0.05, 0) is 62.8 Å². The quantitative estimate of drug-likeness (QED) is 0.733. The summed E-state index contributed by atoms with van der Waals surface area (Å²) in [4.78, 5) is 25.0. The highest BCUT2D eigenvalue weighted by Crippen LogP contribution is 2.29. The van der Waals surface area contributed by atoms with E-state index >= 15 is 0 Å². The first-order valence-corrected chi connectivity index (χ1v) is 9.97. The molecular formula is C21H30N2O4. The number of carbonyl (C=O) groups is 2. The van der Waals surface area contributed by atoms with E-state index in [1.807, 2.05) is 0 Å². The first-order valence-electron chi connectivity index (χ1n) is 9.97. The van der Waals surface area contributed by atoms with Crippen molar-refractivity contribution in [3.05, 3.63) is 29.8 Å². The van der Waals surface area contributed by atoms with Gasteiger partial charge in [-0.3, -0.25) is 9.59 Å². The van der Waals surface area contributed by atoms with E-state index in [1.54, 1.807) is 31.4 Å². The maximum absolute atomic E-state index is 12.6. The van der Waals surface area contributed by atoms with E-state index in [-0.39, 0.29) is 29.9 Å². The molecule has 2 amide bonds. The molecule has 3 rings (SSSR count). The zero-order chi connectivity index (χ0) is 19.2. The molecule has 2 N–H and O–H groups in total. The molecule has 2 aliphatic rings. The maximum atomic E-state index is 12.6. The number of nitrogens with one attached hydrogen (secondary N) is 2. The molecule has 0 heterocycles. The standard InChI is InChI=1S/C21H30N2O4/c1-3-12-27-19-13-15(21(25)22-16-7-8-16)6-11-18(19)23-20(24)14-4-9-17(26-2)10-5-14/h4-5,9-10,15-16,18-19H,3,6-8,11-13H2,1-2H3,(H,22,25)(H,23,24)/t15-,18+,19+/m0/s1. The minimum atomic E-state index is -0.129. The summed E-state index contributed by atoms with van der Waals surface area (Å²) in [6.07, 6.45) is 5.15. The van der Waals surface area contributed by atoms with Crippen LogP contribution < -0.4 is 15.4 Å². The van der Waals surface area contributed by atoms with Crippen molar-refractivity contribution >= 4 is 11.8 Å². The van der Waals surface area contributed by atoms with Gasteiger partial charge in [0.05, 0.1) is 19.3 Å². The Balaban J connectivity index is 1.59. The van der Waals surface area contributed by atoms with Gasteiger partial charge in [-0.1, -0.05) is 6.92 Å². The Hall–Kier alpha value is -2.08. The lowest BCUT2D eigenvalue weighted by atomic mass is 9.83. The van der Waals surface area contributed by atoms with E-state index in [1.165, 1.54) is 0 Å². The first kappa shape index (κ1) is 19.7. The Bertz CT molecular complexity index is 642. The van der Waals surface area contributed by atoms with Crippen LogP contribution in [0.3, 0.4) is 0 Å². The summed E-state index contributed by atoms with van der Waals surface area (Å²) in [6.45, 7) is 2.70. The largest absolute Gasteiger partial charge is 0.497 e. The number of amides is 2. The lowest BCUT2D eigenvalue weighted by molar-refractivity contribution is -0.128. The highest BCUT2D eigenvalue weighted by Gasteiger charge is 2.37. The van der Waals surface area contributed by atoms with Crippen molar-refractivity contribution in [3.63, 3.8) is 0 Å². The summed E-state index contributed by atoms with van der Waals surface area (Å²) in [5.74, 6) is 0.718. The molecule has 0 aromatic heterocycles. The number of hydrogen-bond donors (Lipinski definition) is 2. The van der Waals surface area contributed by atoms with Gasteiger partial charge < -0.3 is 20.1 Å².